The van der Waals surface area contributed by atoms with Crippen LogP contribution in [0.15, 0.2) is 0 Å². The summed E-state index contributed by atoms with van der Waals surface area (Å²) in [7, 11) is 0. The van der Waals surface area contributed by atoms with Gasteiger partial charge in [0.15, 0.2) is 0 Å². The first kappa shape index (κ1) is 16.8. The molecule has 0 aromatic heterocycles. The number of amides is 1. The van der Waals surface area contributed by atoms with E-state index in [4.69, 9.17) is 0 Å². The van der Waals surface area contributed by atoms with Crippen LogP contribution in [0.25, 0.3) is 0 Å². The van der Waals surface area contributed by atoms with Crippen molar-refractivity contribution in [3.8, 4) is 0 Å². The molecule has 2 nitrogen and oxygen atoms in total. The molecule has 2 aliphatic carbocycles. The van der Waals surface area contributed by atoms with E-state index in [1.807, 2.05) is 0 Å². The van der Waals surface area contributed by atoms with Crippen LogP contribution < -0.4 is 5.32 Å². The minimum atomic E-state index is 0.300. The molecule has 0 atom stereocenters. The van der Waals surface area contributed by atoms with Crippen molar-refractivity contribution in [1.82, 2.24) is 5.32 Å². The Morgan fingerprint density at radius 2 is 0.952 bits per heavy atom. The minimum absolute atomic E-state index is 0.300. The van der Waals surface area contributed by atoms with Crippen molar-refractivity contribution in [2.45, 2.75) is 109 Å². The predicted octanol–water partition coefficient (Wildman–Crippen LogP) is 5.36. The van der Waals surface area contributed by atoms with Crippen molar-refractivity contribution in [3.05, 3.63) is 0 Å². The van der Waals surface area contributed by atoms with Crippen LogP contribution in [0.4, 0.5) is 0 Å². The van der Waals surface area contributed by atoms with Gasteiger partial charge in [-0.1, -0.05) is 77.0 Å². The molecule has 2 rings (SSSR count). The summed E-state index contributed by atoms with van der Waals surface area (Å²) in [5.41, 5.74) is 0. The fourth-order valence-corrected chi connectivity index (χ4v) is 3.99. The fraction of sp³-hybridized carbons (Fsp3) is 0.947. The summed E-state index contributed by atoms with van der Waals surface area (Å²) in [5, 5.41) is 3.40. The molecule has 0 aromatic rings. The summed E-state index contributed by atoms with van der Waals surface area (Å²) in [5.74, 6) is 0.676. The first-order chi connectivity index (χ1) is 10.4. The lowest BCUT2D eigenvalue weighted by atomic mass is 9.90. The Balaban J connectivity index is 1.77. The Kier molecular flexibility index (Phi) is 8.21. The van der Waals surface area contributed by atoms with Gasteiger partial charge in [0.1, 0.15) is 0 Å². The maximum Gasteiger partial charge on any atom is 0.223 e. The number of rotatable bonds is 2. The molecule has 0 bridgehead atoms. The van der Waals surface area contributed by atoms with Crippen molar-refractivity contribution in [2.75, 3.05) is 0 Å². The molecular formula is C19H35NO. The fourth-order valence-electron chi connectivity index (χ4n) is 3.99. The highest BCUT2D eigenvalue weighted by Crippen LogP contribution is 2.23. The van der Waals surface area contributed by atoms with Gasteiger partial charge >= 0.3 is 0 Å². The molecule has 1 amide bonds. The van der Waals surface area contributed by atoms with Gasteiger partial charge in [-0.3, -0.25) is 4.79 Å². The van der Waals surface area contributed by atoms with Gasteiger partial charge in [0.05, 0.1) is 0 Å². The van der Waals surface area contributed by atoms with Gasteiger partial charge in [0.2, 0.25) is 5.91 Å². The highest BCUT2D eigenvalue weighted by Gasteiger charge is 2.21. The van der Waals surface area contributed by atoms with E-state index in [9.17, 15) is 4.79 Å². The largest absolute Gasteiger partial charge is 0.353 e. The molecule has 2 aliphatic rings. The van der Waals surface area contributed by atoms with Gasteiger partial charge < -0.3 is 5.32 Å². The molecule has 0 aliphatic heterocycles. The first-order valence-electron chi connectivity index (χ1n) is 9.66. The monoisotopic (exact) mass is 293 g/mol. The van der Waals surface area contributed by atoms with Gasteiger partial charge in [-0.05, 0) is 25.7 Å². The normalized spacial score (nSPS) is 24.8. The molecule has 0 spiro atoms. The molecule has 0 unspecified atom stereocenters. The van der Waals surface area contributed by atoms with Crippen LogP contribution in [0.2, 0.25) is 0 Å². The van der Waals surface area contributed by atoms with Gasteiger partial charge in [0.25, 0.3) is 0 Å². The van der Waals surface area contributed by atoms with Gasteiger partial charge in [-0.15, -0.1) is 0 Å². The van der Waals surface area contributed by atoms with Crippen LogP contribution in [-0.2, 0) is 4.79 Å². The molecule has 0 radical (unpaired) electrons. The summed E-state index contributed by atoms with van der Waals surface area (Å²) in [6, 6.07) is 0.466. The quantitative estimate of drug-likeness (QED) is 0.730. The van der Waals surface area contributed by atoms with Crippen LogP contribution in [-0.4, -0.2) is 11.9 Å². The second-order valence-electron chi connectivity index (χ2n) is 7.30. The van der Waals surface area contributed by atoms with Gasteiger partial charge in [-0.2, -0.15) is 0 Å². The smallest absolute Gasteiger partial charge is 0.223 e. The van der Waals surface area contributed by atoms with E-state index in [2.05, 4.69) is 5.32 Å². The maximum atomic E-state index is 12.6. The van der Waals surface area contributed by atoms with Crippen molar-refractivity contribution < 1.29 is 4.79 Å². The van der Waals surface area contributed by atoms with E-state index in [0.29, 0.717) is 17.9 Å². The average Bonchev–Trinajstić information content (AvgIpc) is 2.47. The molecule has 2 fully saturated rings. The van der Waals surface area contributed by atoms with Crippen molar-refractivity contribution in [1.29, 1.82) is 0 Å². The average molecular weight is 293 g/mol. The lowest BCUT2D eigenvalue weighted by molar-refractivity contribution is -0.126. The molecule has 0 aromatic carbocycles. The van der Waals surface area contributed by atoms with Crippen LogP contribution in [0.1, 0.15) is 103 Å². The SMILES string of the molecule is O=C(NC1CCCCCCC1)C1CCCCCCCCC1. The van der Waals surface area contributed by atoms with Crippen LogP contribution >= 0.6 is 0 Å². The standard InChI is InChI=1S/C19H35NO/c21-19(20-18-15-11-7-4-8-12-16-18)17-13-9-5-2-1-3-6-10-14-17/h17-18H,1-16H2,(H,20,21). The van der Waals surface area contributed by atoms with Gasteiger partial charge in [-0.25, -0.2) is 0 Å². The van der Waals surface area contributed by atoms with E-state index in [-0.39, 0.29) is 0 Å². The lowest BCUT2D eigenvalue weighted by Crippen LogP contribution is -2.39. The minimum Gasteiger partial charge on any atom is -0.353 e. The van der Waals surface area contributed by atoms with E-state index >= 15 is 0 Å². The molecule has 0 saturated heterocycles. The zero-order valence-electron chi connectivity index (χ0n) is 13.9. The lowest BCUT2D eigenvalue weighted by Gasteiger charge is -2.25. The number of carbonyl (C=O) groups is 1. The highest BCUT2D eigenvalue weighted by atomic mass is 16.1. The van der Waals surface area contributed by atoms with Crippen LogP contribution in [0, 0.1) is 5.92 Å². The Morgan fingerprint density at radius 3 is 1.43 bits per heavy atom. The molecular weight excluding hydrogens is 258 g/mol. The summed E-state index contributed by atoms with van der Waals surface area (Å²) in [6.45, 7) is 0. The summed E-state index contributed by atoms with van der Waals surface area (Å²) < 4.78 is 0. The Morgan fingerprint density at radius 1 is 0.571 bits per heavy atom. The summed E-state index contributed by atoms with van der Waals surface area (Å²) in [4.78, 5) is 12.6. The van der Waals surface area contributed by atoms with Crippen molar-refractivity contribution in [2.24, 2.45) is 5.92 Å². The molecule has 2 heteroatoms. The summed E-state index contributed by atoms with van der Waals surface area (Å²) >= 11 is 0. The van der Waals surface area contributed by atoms with E-state index in [1.165, 1.54) is 89.9 Å². The number of hydrogen-bond donors (Lipinski definition) is 1. The molecule has 21 heavy (non-hydrogen) atoms. The topological polar surface area (TPSA) is 29.1 Å². The summed E-state index contributed by atoms with van der Waals surface area (Å²) in [6.07, 6.45) is 20.7. The third-order valence-electron chi connectivity index (χ3n) is 5.43. The van der Waals surface area contributed by atoms with Crippen LogP contribution in [0.5, 0.6) is 0 Å². The molecule has 0 heterocycles. The number of carbonyl (C=O) groups excluding carboxylic acids is 1. The highest BCUT2D eigenvalue weighted by molar-refractivity contribution is 5.78. The predicted molar refractivity (Wildman–Crippen MR) is 89.3 cm³/mol. The van der Waals surface area contributed by atoms with E-state index in [1.54, 1.807) is 0 Å². The van der Waals surface area contributed by atoms with Crippen molar-refractivity contribution in [3.63, 3.8) is 0 Å². The van der Waals surface area contributed by atoms with Gasteiger partial charge in [0, 0.05) is 12.0 Å². The third kappa shape index (κ3) is 6.84. The second kappa shape index (κ2) is 10.2. The van der Waals surface area contributed by atoms with Crippen molar-refractivity contribution >= 4 is 5.91 Å². The Hall–Kier alpha value is -0.530. The first-order valence-corrected chi connectivity index (χ1v) is 9.66. The maximum absolute atomic E-state index is 12.6. The van der Waals surface area contributed by atoms with Crippen LogP contribution in [0.3, 0.4) is 0 Å². The Labute approximate surface area is 131 Å². The third-order valence-corrected chi connectivity index (χ3v) is 5.43. The molecule has 122 valence electrons. The molecule has 1 N–H and O–H groups in total. The van der Waals surface area contributed by atoms with E-state index in [0.717, 1.165) is 12.8 Å². The number of hydrogen-bond acceptors (Lipinski definition) is 1. The zero-order valence-corrected chi connectivity index (χ0v) is 13.9. The Bertz CT molecular complexity index is 271. The van der Waals surface area contributed by atoms with E-state index < -0.39 is 0 Å². The zero-order chi connectivity index (χ0) is 14.8. The second-order valence-corrected chi connectivity index (χ2v) is 7.30. The number of nitrogens with one attached hydrogen (secondary N) is 1. The molecule has 2 saturated carbocycles.